The number of urea groups is 1. The predicted octanol–water partition coefficient (Wildman–Crippen LogP) is 1.09. The number of rotatable bonds is 6. The van der Waals surface area contributed by atoms with Crippen LogP contribution in [0.15, 0.2) is 24.3 Å². The van der Waals surface area contributed by atoms with Gasteiger partial charge in [-0.25, -0.2) is 17.5 Å². The lowest BCUT2D eigenvalue weighted by Crippen LogP contribution is -2.40. The minimum absolute atomic E-state index is 0.0707. The SMILES string of the molecule is CN(CCCNC(=O)N[C@@H]1CCOc2ccccc21)S(C)(=O)=O. The highest BCUT2D eigenvalue weighted by Gasteiger charge is 2.22. The van der Waals surface area contributed by atoms with Gasteiger partial charge in [-0.3, -0.25) is 0 Å². The van der Waals surface area contributed by atoms with Crippen LogP contribution in [0.4, 0.5) is 4.79 Å². The third-order valence-electron chi connectivity index (χ3n) is 3.77. The number of hydrogen-bond acceptors (Lipinski definition) is 4. The highest BCUT2D eigenvalue weighted by Crippen LogP contribution is 2.31. The molecule has 8 heteroatoms. The first-order chi connectivity index (χ1) is 10.9. The van der Waals surface area contributed by atoms with E-state index in [0.717, 1.165) is 24.0 Å². The van der Waals surface area contributed by atoms with E-state index in [0.29, 0.717) is 26.1 Å². The number of fused-ring (bicyclic) bond motifs is 1. The standard InChI is InChI=1S/C15H23N3O4S/c1-18(23(2,20)21)10-5-9-16-15(19)17-13-8-11-22-14-7-4-3-6-12(13)14/h3-4,6-7,13H,5,8-11H2,1-2H3,(H2,16,17,19)/t13-/m1/s1. The lowest BCUT2D eigenvalue weighted by molar-refractivity contribution is 0.223. The Bertz CT molecular complexity index is 648. The average Bonchev–Trinajstić information content (AvgIpc) is 2.51. The third kappa shape index (κ3) is 5.11. The minimum atomic E-state index is -3.17. The van der Waals surface area contributed by atoms with Crippen molar-refractivity contribution in [3.63, 3.8) is 0 Å². The number of sulfonamides is 1. The van der Waals surface area contributed by atoms with Gasteiger partial charge < -0.3 is 15.4 Å². The summed E-state index contributed by atoms with van der Waals surface area (Å²) in [5.41, 5.74) is 0.978. The van der Waals surface area contributed by atoms with Crippen LogP contribution in [0.2, 0.25) is 0 Å². The number of carbonyl (C=O) groups is 1. The predicted molar refractivity (Wildman–Crippen MR) is 87.9 cm³/mol. The Morgan fingerprint density at radius 3 is 2.87 bits per heavy atom. The molecule has 0 fully saturated rings. The van der Waals surface area contributed by atoms with Gasteiger partial charge in [-0.15, -0.1) is 0 Å². The van der Waals surface area contributed by atoms with Crippen LogP contribution in [0.3, 0.4) is 0 Å². The van der Waals surface area contributed by atoms with Crippen molar-refractivity contribution in [2.75, 3.05) is 33.0 Å². The Morgan fingerprint density at radius 2 is 2.13 bits per heavy atom. The molecule has 2 amide bonds. The first-order valence-corrected chi connectivity index (χ1v) is 9.40. The van der Waals surface area contributed by atoms with E-state index in [1.54, 1.807) is 0 Å². The van der Waals surface area contributed by atoms with Gasteiger partial charge in [-0.1, -0.05) is 18.2 Å². The van der Waals surface area contributed by atoms with Crippen LogP contribution in [-0.4, -0.2) is 51.8 Å². The van der Waals surface area contributed by atoms with Crippen LogP contribution in [0.5, 0.6) is 5.75 Å². The maximum atomic E-state index is 12.0. The lowest BCUT2D eigenvalue weighted by Gasteiger charge is -2.26. The van der Waals surface area contributed by atoms with Crippen LogP contribution in [-0.2, 0) is 10.0 Å². The van der Waals surface area contributed by atoms with Gasteiger partial charge in [0.15, 0.2) is 0 Å². The van der Waals surface area contributed by atoms with Gasteiger partial charge in [0.2, 0.25) is 10.0 Å². The van der Waals surface area contributed by atoms with E-state index in [1.807, 2.05) is 24.3 Å². The fraction of sp³-hybridized carbons (Fsp3) is 0.533. The Morgan fingerprint density at radius 1 is 1.39 bits per heavy atom. The molecule has 0 unspecified atom stereocenters. The van der Waals surface area contributed by atoms with Gasteiger partial charge in [-0.05, 0) is 12.5 Å². The quantitative estimate of drug-likeness (QED) is 0.758. The second-order valence-electron chi connectivity index (χ2n) is 5.57. The maximum Gasteiger partial charge on any atom is 0.315 e. The van der Waals surface area contributed by atoms with Crippen molar-refractivity contribution in [3.05, 3.63) is 29.8 Å². The van der Waals surface area contributed by atoms with Crippen LogP contribution >= 0.6 is 0 Å². The first-order valence-electron chi connectivity index (χ1n) is 7.55. The molecule has 1 atom stereocenters. The molecule has 1 aromatic carbocycles. The van der Waals surface area contributed by atoms with E-state index in [4.69, 9.17) is 4.74 Å². The molecule has 0 aliphatic carbocycles. The fourth-order valence-electron chi connectivity index (χ4n) is 2.37. The van der Waals surface area contributed by atoms with Crippen LogP contribution < -0.4 is 15.4 Å². The summed E-state index contributed by atoms with van der Waals surface area (Å²) in [5.74, 6) is 0.804. The minimum Gasteiger partial charge on any atom is -0.493 e. The number of benzene rings is 1. The number of nitrogens with one attached hydrogen (secondary N) is 2. The van der Waals surface area contributed by atoms with Crippen LogP contribution in [0.25, 0.3) is 0 Å². The topological polar surface area (TPSA) is 87.7 Å². The van der Waals surface area contributed by atoms with E-state index in [9.17, 15) is 13.2 Å². The summed E-state index contributed by atoms with van der Waals surface area (Å²) in [7, 11) is -1.65. The Hall–Kier alpha value is -1.80. The summed E-state index contributed by atoms with van der Waals surface area (Å²) >= 11 is 0. The summed E-state index contributed by atoms with van der Waals surface area (Å²) in [5, 5.41) is 5.69. The number of nitrogens with zero attached hydrogens (tertiary/aromatic N) is 1. The molecule has 1 aromatic rings. The molecular formula is C15H23N3O4S. The molecule has 0 saturated carbocycles. The number of carbonyl (C=O) groups excluding carboxylic acids is 1. The molecule has 23 heavy (non-hydrogen) atoms. The highest BCUT2D eigenvalue weighted by atomic mass is 32.2. The van der Waals surface area contributed by atoms with Crippen LogP contribution in [0, 0.1) is 0 Å². The Kier molecular flexibility index (Phi) is 5.84. The lowest BCUT2D eigenvalue weighted by atomic mass is 10.0. The molecule has 0 aromatic heterocycles. The fourth-order valence-corrected chi connectivity index (χ4v) is 2.83. The van der Waals surface area contributed by atoms with Gasteiger partial charge in [0.05, 0.1) is 18.9 Å². The third-order valence-corrected chi connectivity index (χ3v) is 5.08. The highest BCUT2D eigenvalue weighted by molar-refractivity contribution is 7.88. The summed E-state index contributed by atoms with van der Waals surface area (Å²) in [6, 6.07) is 7.33. The Labute approximate surface area is 137 Å². The molecule has 2 N–H and O–H groups in total. The molecular weight excluding hydrogens is 318 g/mol. The summed E-state index contributed by atoms with van der Waals surface area (Å²) < 4.78 is 29.3. The number of hydrogen-bond donors (Lipinski definition) is 2. The Balaban J connectivity index is 1.76. The molecule has 0 saturated heterocycles. The van der Waals surface area contributed by atoms with Gasteiger partial charge in [0.1, 0.15) is 5.75 Å². The molecule has 7 nitrogen and oxygen atoms in total. The van der Waals surface area contributed by atoms with Gasteiger partial charge in [-0.2, -0.15) is 0 Å². The monoisotopic (exact) mass is 341 g/mol. The van der Waals surface area contributed by atoms with Crippen molar-refractivity contribution >= 4 is 16.1 Å². The summed E-state index contributed by atoms with van der Waals surface area (Å²) in [4.78, 5) is 12.0. The van der Waals surface area contributed by atoms with Crippen molar-refractivity contribution < 1.29 is 17.9 Å². The molecule has 128 valence electrons. The average molecular weight is 341 g/mol. The second-order valence-corrected chi connectivity index (χ2v) is 7.66. The molecule has 2 rings (SSSR count). The van der Waals surface area contributed by atoms with Gasteiger partial charge >= 0.3 is 6.03 Å². The van der Waals surface area contributed by atoms with E-state index >= 15 is 0 Å². The van der Waals surface area contributed by atoms with Crippen molar-refractivity contribution in [1.82, 2.24) is 14.9 Å². The second kappa shape index (κ2) is 7.65. The zero-order valence-electron chi connectivity index (χ0n) is 13.4. The molecule has 0 bridgehead atoms. The molecule has 1 aliphatic rings. The van der Waals surface area contributed by atoms with Crippen molar-refractivity contribution in [2.24, 2.45) is 0 Å². The van der Waals surface area contributed by atoms with Crippen molar-refractivity contribution in [1.29, 1.82) is 0 Å². The van der Waals surface area contributed by atoms with Crippen LogP contribution in [0.1, 0.15) is 24.4 Å². The van der Waals surface area contributed by atoms with E-state index < -0.39 is 10.0 Å². The van der Waals surface area contributed by atoms with E-state index in [2.05, 4.69) is 10.6 Å². The van der Waals surface area contributed by atoms with E-state index in [1.165, 1.54) is 11.4 Å². The van der Waals surface area contributed by atoms with E-state index in [-0.39, 0.29) is 12.1 Å². The molecule has 0 radical (unpaired) electrons. The largest absolute Gasteiger partial charge is 0.493 e. The molecule has 0 spiro atoms. The summed E-state index contributed by atoms with van der Waals surface area (Å²) in [6.07, 6.45) is 2.44. The number of para-hydroxylation sites is 1. The first kappa shape index (κ1) is 17.6. The zero-order valence-corrected chi connectivity index (χ0v) is 14.2. The van der Waals surface area contributed by atoms with Gasteiger partial charge in [0.25, 0.3) is 0 Å². The summed E-state index contributed by atoms with van der Waals surface area (Å²) in [6.45, 7) is 1.36. The zero-order chi connectivity index (χ0) is 16.9. The van der Waals surface area contributed by atoms with Gasteiger partial charge in [0, 0.05) is 32.1 Å². The maximum absolute atomic E-state index is 12.0. The molecule has 1 aliphatic heterocycles. The smallest absolute Gasteiger partial charge is 0.315 e. The number of amides is 2. The van der Waals surface area contributed by atoms with Crippen molar-refractivity contribution in [2.45, 2.75) is 18.9 Å². The van der Waals surface area contributed by atoms with Crippen molar-refractivity contribution in [3.8, 4) is 5.75 Å². The number of ether oxygens (including phenoxy) is 1. The molecule has 1 heterocycles. The normalized spacial score (nSPS) is 17.3.